The maximum atomic E-state index is 11.6. The second-order valence-electron chi connectivity index (χ2n) is 4.66. The van der Waals surface area contributed by atoms with E-state index in [1.165, 1.54) is 0 Å². The Morgan fingerprint density at radius 1 is 1.35 bits per heavy atom. The predicted molar refractivity (Wildman–Crippen MR) is 76.4 cm³/mol. The monoisotopic (exact) mass is 341 g/mol. The van der Waals surface area contributed by atoms with E-state index in [0.29, 0.717) is 5.75 Å². The molecule has 2 rings (SSSR count). The number of amides is 1. The van der Waals surface area contributed by atoms with Crippen LogP contribution >= 0.6 is 15.9 Å². The molecule has 1 N–H and O–H groups in total. The number of halogens is 1. The third-order valence-electron chi connectivity index (χ3n) is 2.77. The van der Waals surface area contributed by atoms with Crippen molar-refractivity contribution in [3.8, 4) is 5.75 Å². The van der Waals surface area contributed by atoms with Crippen LogP contribution in [0.25, 0.3) is 0 Å². The summed E-state index contributed by atoms with van der Waals surface area (Å²) >= 11 is 3.31. The Labute approximate surface area is 125 Å². The Hall–Kier alpha value is -1.56. The van der Waals surface area contributed by atoms with Crippen molar-refractivity contribution < 1.29 is 19.1 Å². The Balaban J connectivity index is 1.71. The summed E-state index contributed by atoms with van der Waals surface area (Å²) in [6.07, 6.45) is 1.20. The van der Waals surface area contributed by atoms with Crippen LogP contribution < -0.4 is 10.1 Å². The number of hydrogen-bond acceptors (Lipinski definition) is 4. The second-order valence-corrected chi connectivity index (χ2v) is 5.57. The fourth-order valence-electron chi connectivity index (χ4n) is 1.50. The van der Waals surface area contributed by atoms with Crippen LogP contribution in [-0.2, 0) is 14.3 Å². The molecular formula is C14H16BrNO4. The van der Waals surface area contributed by atoms with E-state index in [1.54, 1.807) is 19.1 Å². The molecule has 1 saturated carbocycles. The summed E-state index contributed by atoms with van der Waals surface area (Å²) in [5.74, 6) is -0.254. The molecule has 1 atom stereocenters. The minimum atomic E-state index is -0.795. The molecule has 1 amide bonds. The van der Waals surface area contributed by atoms with Gasteiger partial charge in [-0.25, -0.2) is 4.79 Å². The number of esters is 1. The first kappa shape index (κ1) is 14.8. The number of hydrogen-bond donors (Lipinski definition) is 1. The Morgan fingerprint density at radius 3 is 2.60 bits per heavy atom. The molecule has 0 aliphatic heterocycles. The summed E-state index contributed by atoms with van der Waals surface area (Å²) in [6.45, 7) is 1.33. The largest absolute Gasteiger partial charge is 0.482 e. The number of carbonyl (C=O) groups is 2. The van der Waals surface area contributed by atoms with Crippen LogP contribution in [0.5, 0.6) is 5.75 Å². The molecule has 1 aliphatic carbocycles. The summed E-state index contributed by atoms with van der Waals surface area (Å²) in [4.78, 5) is 23.2. The Kier molecular flexibility index (Phi) is 5.00. The van der Waals surface area contributed by atoms with Crippen LogP contribution in [0.3, 0.4) is 0 Å². The summed E-state index contributed by atoms with van der Waals surface area (Å²) < 4.78 is 11.2. The van der Waals surface area contributed by atoms with Gasteiger partial charge in [-0.2, -0.15) is 0 Å². The first-order chi connectivity index (χ1) is 9.54. The van der Waals surface area contributed by atoms with Crippen LogP contribution in [0.15, 0.2) is 28.7 Å². The molecule has 0 unspecified atom stereocenters. The smallest absolute Gasteiger partial charge is 0.344 e. The van der Waals surface area contributed by atoms with E-state index in [1.807, 2.05) is 12.1 Å². The van der Waals surface area contributed by atoms with Gasteiger partial charge >= 0.3 is 5.97 Å². The van der Waals surface area contributed by atoms with Crippen LogP contribution in [0.2, 0.25) is 0 Å². The fourth-order valence-corrected chi connectivity index (χ4v) is 1.77. The molecule has 1 aromatic rings. The molecule has 0 saturated heterocycles. The molecule has 1 aliphatic rings. The maximum Gasteiger partial charge on any atom is 0.344 e. The molecule has 0 heterocycles. The van der Waals surface area contributed by atoms with Gasteiger partial charge in [-0.1, -0.05) is 15.9 Å². The van der Waals surface area contributed by atoms with Crippen molar-refractivity contribution in [3.63, 3.8) is 0 Å². The lowest BCUT2D eigenvalue weighted by Gasteiger charge is -2.13. The third-order valence-corrected chi connectivity index (χ3v) is 3.30. The standard InChI is InChI=1S/C14H16BrNO4/c1-9(14(18)16-11-4-5-11)20-13(17)8-19-12-6-2-10(15)3-7-12/h2-3,6-7,9,11H,4-5,8H2,1H3,(H,16,18)/t9-/m1/s1. The zero-order valence-corrected chi connectivity index (χ0v) is 12.7. The van der Waals surface area contributed by atoms with Gasteiger partial charge in [0.05, 0.1) is 0 Å². The highest BCUT2D eigenvalue weighted by Gasteiger charge is 2.27. The average molecular weight is 342 g/mol. The highest BCUT2D eigenvalue weighted by molar-refractivity contribution is 9.10. The molecule has 0 bridgehead atoms. The van der Waals surface area contributed by atoms with E-state index in [2.05, 4.69) is 21.2 Å². The first-order valence-corrected chi connectivity index (χ1v) is 7.22. The first-order valence-electron chi connectivity index (χ1n) is 6.43. The lowest BCUT2D eigenvalue weighted by Crippen LogP contribution is -2.37. The quantitative estimate of drug-likeness (QED) is 0.804. The third kappa shape index (κ3) is 4.85. The van der Waals surface area contributed by atoms with E-state index >= 15 is 0 Å². The van der Waals surface area contributed by atoms with E-state index in [9.17, 15) is 9.59 Å². The van der Waals surface area contributed by atoms with Crippen molar-refractivity contribution in [2.75, 3.05) is 6.61 Å². The van der Waals surface area contributed by atoms with Crippen molar-refractivity contribution in [2.45, 2.75) is 31.9 Å². The summed E-state index contributed by atoms with van der Waals surface area (Å²) in [7, 11) is 0. The predicted octanol–water partition coefficient (Wildman–Crippen LogP) is 2.04. The molecule has 108 valence electrons. The zero-order chi connectivity index (χ0) is 14.5. The normalized spacial score (nSPS) is 15.3. The lowest BCUT2D eigenvalue weighted by molar-refractivity contribution is -0.156. The number of ether oxygens (including phenoxy) is 2. The van der Waals surface area contributed by atoms with Crippen LogP contribution in [0.1, 0.15) is 19.8 Å². The van der Waals surface area contributed by atoms with E-state index in [-0.39, 0.29) is 18.6 Å². The van der Waals surface area contributed by atoms with E-state index in [4.69, 9.17) is 9.47 Å². The fraction of sp³-hybridized carbons (Fsp3) is 0.429. The van der Waals surface area contributed by atoms with Crippen LogP contribution in [0, 0.1) is 0 Å². The molecule has 1 fully saturated rings. The van der Waals surface area contributed by atoms with Crippen molar-refractivity contribution in [1.29, 1.82) is 0 Å². The summed E-state index contributed by atoms with van der Waals surface area (Å²) in [5, 5.41) is 2.78. The summed E-state index contributed by atoms with van der Waals surface area (Å²) in [6, 6.07) is 7.35. The molecule has 1 aromatic carbocycles. The minimum Gasteiger partial charge on any atom is -0.482 e. The van der Waals surface area contributed by atoms with Gasteiger partial charge in [0.1, 0.15) is 5.75 Å². The highest BCUT2D eigenvalue weighted by Crippen LogP contribution is 2.19. The lowest BCUT2D eigenvalue weighted by atomic mass is 10.3. The van der Waals surface area contributed by atoms with Gasteiger partial charge in [0.15, 0.2) is 12.7 Å². The SMILES string of the molecule is C[C@@H](OC(=O)COc1ccc(Br)cc1)C(=O)NC1CC1. The van der Waals surface area contributed by atoms with E-state index in [0.717, 1.165) is 17.3 Å². The van der Waals surface area contributed by atoms with Gasteiger partial charge in [0.25, 0.3) is 5.91 Å². The summed E-state index contributed by atoms with van der Waals surface area (Å²) in [5.41, 5.74) is 0. The topological polar surface area (TPSA) is 64.6 Å². The molecule has 6 heteroatoms. The molecular weight excluding hydrogens is 326 g/mol. The number of rotatable bonds is 6. The highest BCUT2D eigenvalue weighted by atomic mass is 79.9. The molecule has 20 heavy (non-hydrogen) atoms. The van der Waals surface area contributed by atoms with Gasteiger partial charge in [-0.15, -0.1) is 0 Å². The van der Waals surface area contributed by atoms with Crippen molar-refractivity contribution in [3.05, 3.63) is 28.7 Å². The molecule has 0 aromatic heterocycles. The minimum absolute atomic E-state index is 0.220. The number of benzene rings is 1. The van der Waals surface area contributed by atoms with Crippen LogP contribution in [-0.4, -0.2) is 30.6 Å². The number of nitrogens with one attached hydrogen (secondary N) is 1. The van der Waals surface area contributed by atoms with Gasteiger partial charge < -0.3 is 14.8 Å². The molecule has 5 nitrogen and oxygen atoms in total. The van der Waals surface area contributed by atoms with Crippen molar-refractivity contribution in [2.24, 2.45) is 0 Å². The van der Waals surface area contributed by atoms with Gasteiger partial charge in [0.2, 0.25) is 0 Å². The average Bonchev–Trinajstić information content (AvgIpc) is 3.22. The Morgan fingerprint density at radius 2 is 2.00 bits per heavy atom. The number of carbonyl (C=O) groups excluding carboxylic acids is 2. The van der Waals surface area contributed by atoms with Gasteiger partial charge in [-0.05, 0) is 44.0 Å². The second kappa shape index (κ2) is 6.74. The van der Waals surface area contributed by atoms with Crippen LogP contribution in [0.4, 0.5) is 0 Å². The van der Waals surface area contributed by atoms with Gasteiger partial charge in [-0.3, -0.25) is 4.79 Å². The zero-order valence-electron chi connectivity index (χ0n) is 11.1. The van der Waals surface area contributed by atoms with Crippen molar-refractivity contribution >= 4 is 27.8 Å². The molecule has 0 radical (unpaired) electrons. The molecule has 0 spiro atoms. The van der Waals surface area contributed by atoms with E-state index < -0.39 is 12.1 Å². The van der Waals surface area contributed by atoms with Gasteiger partial charge in [0, 0.05) is 10.5 Å². The maximum absolute atomic E-state index is 11.6. The van der Waals surface area contributed by atoms with Crippen molar-refractivity contribution in [1.82, 2.24) is 5.32 Å². The Bertz CT molecular complexity index is 484.